The molecule has 2 aromatic heterocycles. The predicted octanol–water partition coefficient (Wildman–Crippen LogP) is 1.66. The Hall–Kier alpha value is -2.48. The minimum absolute atomic E-state index is 0.0803. The van der Waals surface area contributed by atoms with Crippen molar-refractivity contribution < 1.29 is 14.4 Å². The van der Waals surface area contributed by atoms with Crippen LogP contribution in [0.1, 0.15) is 54.4 Å². The molecule has 8 nitrogen and oxygen atoms in total. The predicted molar refractivity (Wildman–Crippen MR) is 96.1 cm³/mol. The number of anilines is 1. The summed E-state index contributed by atoms with van der Waals surface area (Å²) < 4.78 is 5.17. The molecular weight excluding hydrogens is 334 g/mol. The van der Waals surface area contributed by atoms with Crippen molar-refractivity contribution in [2.45, 2.75) is 45.1 Å². The van der Waals surface area contributed by atoms with Crippen molar-refractivity contribution in [1.29, 1.82) is 0 Å². The Morgan fingerprint density at radius 3 is 2.85 bits per heavy atom. The molecule has 0 radical (unpaired) electrons. The highest BCUT2D eigenvalue weighted by Gasteiger charge is 2.35. The fraction of sp³-hybridized carbons (Fsp3) is 0.556. The molecule has 0 unspecified atom stereocenters. The molecule has 1 amide bonds. The van der Waals surface area contributed by atoms with E-state index in [9.17, 15) is 9.90 Å². The van der Waals surface area contributed by atoms with Crippen LogP contribution in [0.15, 0.2) is 23.0 Å². The van der Waals surface area contributed by atoms with Crippen molar-refractivity contribution in [2.75, 3.05) is 24.5 Å². The van der Waals surface area contributed by atoms with Crippen molar-refractivity contribution in [1.82, 2.24) is 20.4 Å². The molecule has 8 heteroatoms. The first-order chi connectivity index (χ1) is 12.4. The normalized spacial score (nSPS) is 20.4. The van der Waals surface area contributed by atoms with Gasteiger partial charge in [-0.1, -0.05) is 19.0 Å². The lowest BCUT2D eigenvalue weighted by Crippen LogP contribution is -2.54. The third kappa shape index (κ3) is 3.85. The Kier molecular flexibility index (Phi) is 5.22. The molecule has 3 rings (SSSR count). The number of hydrogen-bond acceptors (Lipinski definition) is 7. The summed E-state index contributed by atoms with van der Waals surface area (Å²) in [6, 6.07) is 1.76. The van der Waals surface area contributed by atoms with Crippen molar-refractivity contribution in [3.8, 4) is 0 Å². The van der Waals surface area contributed by atoms with Crippen LogP contribution < -0.4 is 10.2 Å². The molecule has 26 heavy (non-hydrogen) atoms. The van der Waals surface area contributed by atoms with Crippen LogP contribution in [0.25, 0.3) is 0 Å². The van der Waals surface area contributed by atoms with Crippen LogP contribution in [-0.4, -0.2) is 51.4 Å². The maximum absolute atomic E-state index is 12.6. The zero-order chi connectivity index (χ0) is 18.7. The van der Waals surface area contributed by atoms with Crippen molar-refractivity contribution in [2.24, 2.45) is 0 Å². The first-order valence-corrected chi connectivity index (χ1v) is 8.88. The van der Waals surface area contributed by atoms with Crippen LogP contribution in [-0.2, 0) is 0 Å². The third-order valence-corrected chi connectivity index (χ3v) is 4.63. The second-order valence-corrected chi connectivity index (χ2v) is 7.13. The van der Waals surface area contributed by atoms with Gasteiger partial charge in [-0.25, -0.2) is 9.97 Å². The average molecular weight is 359 g/mol. The van der Waals surface area contributed by atoms with E-state index in [4.69, 9.17) is 4.52 Å². The molecule has 0 aromatic carbocycles. The molecule has 0 spiro atoms. The van der Waals surface area contributed by atoms with Gasteiger partial charge in [-0.15, -0.1) is 0 Å². The smallest absolute Gasteiger partial charge is 0.256 e. The van der Waals surface area contributed by atoms with Gasteiger partial charge in [0.05, 0.1) is 17.8 Å². The van der Waals surface area contributed by atoms with Crippen molar-refractivity contribution in [3.05, 3.63) is 35.5 Å². The van der Waals surface area contributed by atoms with Gasteiger partial charge in [0, 0.05) is 25.5 Å². The Balaban J connectivity index is 1.67. The zero-order valence-corrected chi connectivity index (χ0v) is 15.4. The second-order valence-electron chi connectivity index (χ2n) is 7.13. The highest BCUT2D eigenvalue weighted by molar-refractivity contribution is 5.96. The van der Waals surface area contributed by atoms with Gasteiger partial charge in [0.2, 0.25) is 5.95 Å². The minimum atomic E-state index is -1.03. The minimum Gasteiger partial charge on any atom is -0.386 e. The molecule has 0 aliphatic carbocycles. The lowest BCUT2D eigenvalue weighted by molar-refractivity contribution is 0.0252. The summed E-state index contributed by atoms with van der Waals surface area (Å²) in [5.41, 5.74) is 0.0634. The Morgan fingerprint density at radius 1 is 1.42 bits per heavy atom. The van der Waals surface area contributed by atoms with E-state index in [0.29, 0.717) is 35.9 Å². The SMILES string of the molecule is Cc1onc(C(C)C)c1C(=O)NC[C@]1(O)CCCN(c2ncccn2)C1. The standard InChI is InChI=1S/C18H25N5O3/c1-12(2)15-14(13(3)26-22-15)16(24)21-10-18(25)6-4-9-23(11-18)17-19-7-5-8-20-17/h5,7-8,12,25H,4,6,9-11H2,1-3H3,(H,21,24)/t18-/m1/s1. The number of amides is 1. The van der Waals surface area contributed by atoms with E-state index < -0.39 is 5.60 Å². The summed E-state index contributed by atoms with van der Waals surface area (Å²) in [4.78, 5) is 23.1. The average Bonchev–Trinajstić information content (AvgIpc) is 3.02. The van der Waals surface area contributed by atoms with Crippen LogP contribution in [0.4, 0.5) is 5.95 Å². The number of nitrogens with one attached hydrogen (secondary N) is 1. The Morgan fingerprint density at radius 2 is 2.15 bits per heavy atom. The molecule has 1 saturated heterocycles. The van der Waals surface area contributed by atoms with Gasteiger partial charge in [-0.05, 0) is 31.7 Å². The highest BCUT2D eigenvalue weighted by atomic mass is 16.5. The number of rotatable bonds is 5. The monoisotopic (exact) mass is 359 g/mol. The van der Waals surface area contributed by atoms with Crippen LogP contribution in [0.2, 0.25) is 0 Å². The quantitative estimate of drug-likeness (QED) is 0.836. The fourth-order valence-electron chi connectivity index (χ4n) is 3.27. The molecule has 0 saturated carbocycles. The van der Waals surface area contributed by atoms with E-state index in [1.807, 2.05) is 18.7 Å². The second kappa shape index (κ2) is 7.41. The summed E-state index contributed by atoms with van der Waals surface area (Å²) >= 11 is 0. The van der Waals surface area contributed by atoms with Gasteiger partial charge >= 0.3 is 0 Å². The van der Waals surface area contributed by atoms with Crippen molar-refractivity contribution >= 4 is 11.9 Å². The van der Waals surface area contributed by atoms with Crippen LogP contribution in [0.5, 0.6) is 0 Å². The van der Waals surface area contributed by atoms with Gasteiger partial charge in [-0.2, -0.15) is 0 Å². The third-order valence-electron chi connectivity index (χ3n) is 4.63. The molecule has 3 heterocycles. The van der Waals surface area contributed by atoms with E-state index in [0.717, 1.165) is 13.0 Å². The molecule has 140 valence electrons. The summed E-state index contributed by atoms with van der Waals surface area (Å²) in [6.45, 7) is 6.94. The van der Waals surface area contributed by atoms with Gasteiger partial charge < -0.3 is 19.8 Å². The number of hydrogen-bond donors (Lipinski definition) is 2. The maximum atomic E-state index is 12.6. The number of aromatic nitrogens is 3. The number of piperidine rings is 1. The van der Waals surface area contributed by atoms with Gasteiger partial charge in [0.15, 0.2) is 0 Å². The topological polar surface area (TPSA) is 104 Å². The van der Waals surface area contributed by atoms with Crippen LogP contribution >= 0.6 is 0 Å². The van der Waals surface area contributed by atoms with E-state index in [-0.39, 0.29) is 18.4 Å². The molecular formula is C18H25N5O3. The van der Waals surface area contributed by atoms with Gasteiger partial charge in [-0.3, -0.25) is 4.79 Å². The number of carbonyl (C=O) groups is 1. The summed E-state index contributed by atoms with van der Waals surface area (Å²) in [5.74, 6) is 0.890. The van der Waals surface area contributed by atoms with Crippen molar-refractivity contribution in [3.63, 3.8) is 0 Å². The van der Waals surface area contributed by atoms with Gasteiger partial charge in [0.1, 0.15) is 11.3 Å². The molecule has 1 atom stereocenters. The molecule has 0 bridgehead atoms. The first-order valence-electron chi connectivity index (χ1n) is 8.88. The van der Waals surface area contributed by atoms with Gasteiger partial charge in [0.25, 0.3) is 5.91 Å². The number of aryl methyl sites for hydroxylation is 1. The number of β-amino-alcohol motifs (C(OH)–C–C–N with tert-alkyl or cyclic N) is 1. The molecule has 2 aromatic rings. The highest BCUT2D eigenvalue weighted by Crippen LogP contribution is 2.24. The van der Waals surface area contributed by atoms with Crippen LogP contribution in [0, 0.1) is 6.92 Å². The number of nitrogens with zero attached hydrogens (tertiary/aromatic N) is 4. The van der Waals surface area contributed by atoms with Crippen LogP contribution in [0.3, 0.4) is 0 Å². The lowest BCUT2D eigenvalue weighted by atomic mass is 9.92. The molecule has 1 aliphatic rings. The van der Waals surface area contributed by atoms with E-state index in [2.05, 4.69) is 20.4 Å². The lowest BCUT2D eigenvalue weighted by Gasteiger charge is -2.39. The largest absolute Gasteiger partial charge is 0.386 e. The zero-order valence-electron chi connectivity index (χ0n) is 15.4. The summed E-state index contributed by atoms with van der Waals surface area (Å²) in [5, 5.41) is 17.8. The van der Waals surface area contributed by atoms with E-state index in [1.165, 1.54) is 0 Å². The van der Waals surface area contributed by atoms with E-state index in [1.54, 1.807) is 25.4 Å². The van der Waals surface area contributed by atoms with E-state index >= 15 is 0 Å². The summed E-state index contributed by atoms with van der Waals surface area (Å²) in [6.07, 6.45) is 4.77. The Labute approximate surface area is 152 Å². The first kappa shape index (κ1) is 18.3. The molecule has 2 N–H and O–H groups in total. The number of aliphatic hydroxyl groups is 1. The Bertz CT molecular complexity index is 761. The molecule has 1 fully saturated rings. The molecule has 1 aliphatic heterocycles. The summed E-state index contributed by atoms with van der Waals surface area (Å²) in [7, 11) is 0. The fourth-order valence-corrected chi connectivity index (χ4v) is 3.27. The number of carbonyl (C=O) groups excluding carboxylic acids is 1. The maximum Gasteiger partial charge on any atom is 0.256 e.